The van der Waals surface area contributed by atoms with Gasteiger partial charge in [-0.05, 0) is 35.4 Å². The number of para-hydroxylation sites is 1. The maximum atomic E-state index is 6.13. The highest BCUT2D eigenvalue weighted by atomic mass is 35.5. The molecule has 1 aromatic carbocycles. The Hall–Kier alpha value is -0.730. The van der Waals surface area contributed by atoms with Crippen molar-refractivity contribution in [1.82, 2.24) is 0 Å². The Balaban J connectivity index is 2.39. The second-order valence-corrected chi connectivity index (χ2v) is 5.41. The zero-order valence-electron chi connectivity index (χ0n) is 9.96. The van der Waals surface area contributed by atoms with Crippen molar-refractivity contribution in [3.63, 3.8) is 0 Å². The first-order valence-corrected chi connectivity index (χ1v) is 5.94. The van der Waals surface area contributed by atoms with Crippen LogP contribution in [0.3, 0.4) is 0 Å². The lowest BCUT2D eigenvalue weighted by molar-refractivity contribution is 0.408. The molecule has 0 aliphatic heterocycles. The van der Waals surface area contributed by atoms with E-state index in [1.165, 1.54) is 5.56 Å². The summed E-state index contributed by atoms with van der Waals surface area (Å²) in [5, 5.41) is 0.679. The largest absolute Gasteiger partial charge is 0.495 e. The van der Waals surface area contributed by atoms with Crippen molar-refractivity contribution in [1.29, 1.82) is 0 Å². The molecule has 0 aromatic heterocycles. The van der Waals surface area contributed by atoms with Crippen LogP contribution in [0.1, 0.15) is 25.3 Å². The molecule has 0 spiro atoms. The molecule has 2 rings (SSSR count). The molecule has 88 valence electrons. The Morgan fingerprint density at radius 1 is 1.44 bits per heavy atom. The van der Waals surface area contributed by atoms with E-state index in [1.54, 1.807) is 7.11 Å². The summed E-state index contributed by atoms with van der Waals surface area (Å²) in [7, 11) is 1.66. The quantitative estimate of drug-likeness (QED) is 0.880. The molecule has 1 aliphatic carbocycles. The fourth-order valence-electron chi connectivity index (χ4n) is 2.79. The highest BCUT2D eigenvalue weighted by molar-refractivity contribution is 6.32. The maximum absolute atomic E-state index is 6.13. The standard InChI is InChI=1S/C13H18ClNO/c1-13(2)9(7-15)11(13)8-5-4-6-10(14)12(8)16-3/h4-6,9,11H,7,15H2,1-3H3/t9-,11-/m1/s1. The van der Waals surface area contributed by atoms with Crippen LogP contribution in [-0.2, 0) is 0 Å². The van der Waals surface area contributed by atoms with E-state index >= 15 is 0 Å². The van der Waals surface area contributed by atoms with Crippen molar-refractivity contribution < 1.29 is 4.74 Å². The first-order chi connectivity index (χ1) is 7.54. The molecule has 1 aromatic rings. The van der Waals surface area contributed by atoms with E-state index in [0.29, 0.717) is 23.4 Å². The topological polar surface area (TPSA) is 35.2 Å². The monoisotopic (exact) mass is 239 g/mol. The summed E-state index contributed by atoms with van der Waals surface area (Å²) in [5.74, 6) is 1.80. The summed E-state index contributed by atoms with van der Waals surface area (Å²) in [5.41, 5.74) is 7.24. The van der Waals surface area contributed by atoms with Gasteiger partial charge in [0.25, 0.3) is 0 Å². The van der Waals surface area contributed by atoms with Crippen molar-refractivity contribution in [3.8, 4) is 5.75 Å². The molecule has 0 unspecified atom stereocenters. The van der Waals surface area contributed by atoms with Gasteiger partial charge in [-0.2, -0.15) is 0 Å². The second-order valence-electron chi connectivity index (χ2n) is 5.00. The average Bonchev–Trinajstić information content (AvgIpc) is 2.79. The molecular weight excluding hydrogens is 222 g/mol. The van der Waals surface area contributed by atoms with Crippen molar-refractivity contribution in [3.05, 3.63) is 28.8 Å². The predicted octanol–water partition coefficient (Wildman–Crippen LogP) is 3.05. The molecule has 1 saturated carbocycles. The van der Waals surface area contributed by atoms with E-state index in [-0.39, 0.29) is 5.41 Å². The highest BCUT2D eigenvalue weighted by Crippen LogP contribution is 2.65. The third kappa shape index (κ3) is 1.61. The molecule has 2 nitrogen and oxygen atoms in total. The molecule has 1 aliphatic rings. The van der Waals surface area contributed by atoms with Crippen LogP contribution >= 0.6 is 11.6 Å². The van der Waals surface area contributed by atoms with Crippen LogP contribution in [0.5, 0.6) is 5.75 Å². The van der Waals surface area contributed by atoms with Crippen LogP contribution in [-0.4, -0.2) is 13.7 Å². The number of methoxy groups -OCH3 is 1. The van der Waals surface area contributed by atoms with Gasteiger partial charge in [0.2, 0.25) is 0 Å². The fourth-order valence-corrected chi connectivity index (χ4v) is 3.05. The lowest BCUT2D eigenvalue weighted by atomic mass is 10.0. The Labute approximate surface area is 102 Å². The summed E-state index contributed by atoms with van der Waals surface area (Å²) >= 11 is 6.13. The second kappa shape index (κ2) is 3.94. The van der Waals surface area contributed by atoms with E-state index in [9.17, 15) is 0 Å². The highest BCUT2D eigenvalue weighted by Gasteiger charge is 2.58. The Bertz CT molecular complexity index is 403. The van der Waals surface area contributed by atoms with Crippen molar-refractivity contribution in [2.45, 2.75) is 19.8 Å². The molecule has 16 heavy (non-hydrogen) atoms. The number of hydrogen-bond donors (Lipinski definition) is 1. The van der Waals surface area contributed by atoms with Gasteiger partial charge in [0.15, 0.2) is 0 Å². The number of halogens is 1. The van der Waals surface area contributed by atoms with Gasteiger partial charge in [0.1, 0.15) is 5.75 Å². The first-order valence-electron chi connectivity index (χ1n) is 5.56. The van der Waals surface area contributed by atoms with Crippen molar-refractivity contribution >= 4 is 11.6 Å². The van der Waals surface area contributed by atoms with Gasteiger partial charge in [-0.3, -0.25) is 0 Å². The lowest BCUT2D eigenvalue weighted by Gasteiger charge is -2.11. The molecule has 0 heterocycles. The zero-order chi connectivity index (χ0) is 11.9. The Kier molecular flexibility index (Phi) is 2.89. The fraction of sp³-hybridized carbons (Fsp3) is 0.538. The van der Waals surface area contributed by atoms with Crippen molar-refractivity contribution in [2.75, 3.05) is 13.7 Å². The van der Waals surface area contributed by atoms with Crippen LogP contribution in [0.15, 0.2) is 18.2 Å². The van der Waals surface area contributed by atoms with E-state index in [0.717, 1.165) is 5.75 Å². The zero-order valence-corrected chi connectivity index (χ0v) is 10.7. The SMILES string of the molecule is COc1c(Cl)cccc1[C@@H]1[C@@H](CN)C1(C)C. The normalized spacial score (nSPS) is 26.6. The van der Waals surface area contributed by atoms with Crippen LogP contribution in [0.25, 0.3) is 0 Å². The molecule has 1 fully saturated rings. The Morgan fingerprint density at radius 3 is 2.62 bits per heavy atom. The molecule has 3 heteroatoms. The van der Waals surface area contributed by atoms with E-state index in [4.69, 9.17) is 22.1 Å². The minimum absolute atomic E-state index is 0.257. The summed E-state index contributed by atoms with van der Waals surface area (Å²) < 4.78 is 5.39. The van der Waals surface area contributed by atoms with Gasteiger partial charge < -0.3 is 10.5 Å². The van der Waals surface area contributed by atoms with Gasteiger partial charge in [0, 0.05) is 0 Å². The predicted molar refractivity (Wildman–Crippen MR) is 67.1 cm³/mol. The number of rotatable bonds is 3. The molecule has 0 amide bonds. The van der Waals surface area contributed by atoms with Crippen LogP contribution in [0.4, 0.5) is 0 Å². The summed E-state index contributed by atoms with van der Waals surface area (Å²) in [6.45, 7) is 5.21. The number of benzene rings is 1. The van der Waals surface area contributed by atoms with Crippen LogP contribution < -0.4 is 10.5 Å². The third-order valence-electron chi connectivity index (χ3n) is 3.84. The minimum Gasteiger partial charge on any atom is -0.495 e. The number of hydrogen-bond acceptors (Lipinski definition) is 2. The first kappa shape index (κ1) is 11.7. The Morgan fingerprint density at radius 2 is 2.12 bits per heavy atom. The molecular formula is C13H18ClNO. The van der Waals surface area contributed by atoms with Crippen LogP contribution in [0, 0.1) is 11.3 Å². The maximum Gasteiger partial charge on any atom is 0.140 e. The van der Waals surface area contributed by atoms with Crippen LogP contribution in [0.2, 0.25) is 5.02 Å². The minimum atomic E-state index is 0.257. The lowest BCUT2D eigenvalue weighted by Crippen LogP contribution is -2.05. The smallest absolute Gasteiger partial charge is 0.140 e. The molecule has 0 bridgehead atoms. The van der Waals surface area contributed by atoms with E-state index in [1.807, 2.05) is 12.1 Å². The third-order valence-corrected chi connectivity index (χ3v) is 4.14. The average molecular weight is 240 g/mol. The summed E-state index contributed by atoms with van der Waals surface area (Å²) in [4.78, 5) is 0. The van der Waals surface area contributed by atoms with E-state index in [2.05, 4.69) is 19.9 Å². The summed E-state index contributed by atoms with van der Waals surface area (Å²) in [6, 6.07) is 5.92. The number of ether oxygens (including phenoxy) is 1. The van der Waals surface area contributed by atoms with Crippen molar-refractivity contribution in [2.24, 2.45) is 17.1 Å². The van der Waals surface area contributed by atoms with Gasteiger partial charge in [0.05, 0.1) is 12.1 Å². The van der Waals surface area contributed by atoms with Gasteiger partial charge in [-0.15, -0.1) is 0 Å². The molecule has 2 atom stereocenters. The molecule has 0 saturated heterocycles. The van der Waals surface area contributed by atoms with Gasteiger partial charge in [-0.25, -0.2) is 0 Å². The number of nitrogens with two attached hydrogens (primary N) is 1. The molecule has 0 radical (unpaired) electrons. The van der Waals surface area contributed by atoms with Gasteiger partial charge >= 0.3 is 0 Å². The summed E-state index contributed by atoms with van der Waals surface area (Å²) in [6.07, 6.45) is 0. The van der Waals surface area contributed by atoms with E-state index < -0.39 is 0 Å². The van der Waals surface area contributed by atoms with Gasteiger partial charge in [-0.1, -0.05) is 37.6 Å². The molecule has 2 N–H and O–H groups in total.